The standard InChI is InChI=1S/C22H24ClN3O3S2/c23-18-6-8-19(9-7-18)24-22-26(14-3-15-27)21(16-30-22)17-4-10-20(11-5-17)31(28,29)25-12-1-2-13-25/h4-11,16,27H,1-3,12-15H2. The Morgan fingerprint density at radius 1 is 1.03 bits per heavy atom. The summed E-state index contributed by atoms with van der Waals surface area (Å²) < 4.78 is 29.2. The summed E-state index contributed by atoms with van der Waals surface area (Å²) in [4.78, 5) is 5.85. The fourth-order valence-electron chi connectivity index (χ4n) is 3.60. The number of thiazole rings is 1. The van der Waals surface area contributed by atoms with Gasteiger partial charge < -0.3 is 9.67 Å². The van der Waals surface area contributed by atoms with Gasteiger partial charge in [0.1, 0.15) is 0 Å². The average Bonchev–Trinajstić information content (AvgIpc) is 3.45. The summed E-state index contributed by atoms with van der Waals surface area (Å²) in [7, 11) is -3.43. The summed E-state index contributed by atoms with van der Waals surface area (Å²) in [5, 5.41) is 12.0. The predicted molar refractivity (Wildman–Crippen MR) is 124 cm³/mol. The molecule has 2 aromatic carbocycles. The molecule has 164 valence electrons. The first-order chi connectivity index (χ1) is 15.0. The molecule has 0 bridgehead atoms. The molecular formula is C22H24ClN3O3S2. The van der Waals surface area contributed by atoms with E-state index in [4.69, 9.17) is 16.6 Å². The van der Waals surface area contributed by atoms with E-state index in [9.17, 15) is 13.5 Å². The Bertz CT molecular complexity index is 1190. The fraction of sp³-hybridized carbons (Fsp3) is 0.318. The summed E-state index contributed by atoms with van der Waals surface area (Å²) in [5.74, 6) is 0. The van der Waals surface area contributed by atoms with Gasteiger partial charge in [-0.05, 0) is 61.2 Å². The van der Waals surface area contributed by atoms with Crippen molar-refractivity contribution < 1.29 is 13.5 Å². The molecule has 2 heterocycles. The summed E-state index contributed by atoms with van der Waals surface area (Å²) in [5.41, 5.74) is 2.64. The van der Waals surface area contributed by atoms with Crippen LogP contribution < -0.4 is 4.80 Å². The molecule has 1 aliphatic heterocycles. The van der Waals surface area contributed by atoms with Gasteiger partial charge in [0.05, 0.1) is 16.3 Å². The highest BCUT2D eigenvalue weighted by Crippen LogP contribution is 2.26. The molecule has 0 atom stereocenters. The second-order valence-corrected chi connectivity index (χ2v) is 10.6. The maximum absolute atomic E-state index is 12.8. The molecule has 3 aromatic rings. The summed E-state index contributed by atoms with van der Waals surface area (Å²) in [6.45, 7) is 1.86. The van der Waals surface area contributed by atoms with Crippen molar-refractivity contribution in [2.75, 3.05) is 19.7 Å². The number of halogens is 1. The molecule has 1 saturated heterocycles. The van der Waals surface area contributed by atoms with Crippen molar-refractivity contribution in [2.45, 2.75) is 30.7 Å². The lowest BCUT2D eigenvalue weighted by molar-refractivity contribution is 0.279. The number of aliphatic hydroxyl groups excluding tert-OH is 1. The van der Waals surface area contributed by atoms with Crippen molar-refractivity contribution in [3.63, 3.8) is 0 Å². The molecular weight excluding hydrogens is 454 g/mol. The Labute approximate surface area is 191 Å². The molecule has 1 aromatic heterocycles. The van der Waals surface area contributed by atoms with Crippen LogP contribution in [0, 0.1) is 0 Å². The highest BCUT2D eigenvalue weighted by molar-refractivity contribution is 7.89. The minimum Gasteiger partial charge on any atom is -0.396 e. The topological polar surface area (TPSA) is 74.9 Å². The van der Waals surface area contributed by atoms with Gasteiger partial charge in [-0.15, -0.1) is 11.3 Å². The van der Waals surface area contributed by atoms with Gasteiger partial charge in [0.25, 0.3) is 0 Å². The van der Waals surface area contributed by atoms with Crippen LogP contribution in [0.5, 0.6) is 0 Å². The van der Waals surface area contributed by atoms with Crippen molar-refractivity contribution >= 4 is 38.6 Å². The van der Waals surface area contributed by atoms with Gasteiger partial charge in [0.2, 0.25) is 10.0 Å². The molecule has 1 fully saturated rings. The fourth-order valence-corrected chi connectivity index (χ4v) is 6.19. The van der Waals surface area contributed by atoms with E-state index in [1.807, 2.05) is 29.6 Å². The van der Waals surface area contributed by atoms with E-state index in [1.165, 1.54) is 11.3 Å². The van der Waals surface area contributed by atoms with Gasteiger partial charge in [0.15, 0.2) is 4.80 Å². The van der Waals surface area contributed by atoms with E-state index in [1.54, 1.807) is 28.6 Å². The van der Waals surface area contributed by atoms with E-state index in [0.717, 1.165) is 34.6 Å². The van der Waals surface area contributed by atoms with E-state index in [-0.39, 0.29) is 6.61 Å². The summed E-state index contributed by atoms with van der Waals surface area (Å²) in [6.07, 6.45) is 2.42. The largest absolute Gasteiger partial charge is 0.396 e. The van der Waals surface area contributed by atoms with Crippen LogP contribution in [0.3, 0.4) is 0 Å². The molecule has 1 aliphatic rings. The van der Waals surface area contributed by atoms with Crippen molar-refractivity contribution in [3.05, 3.63) is 63.7 Å². The van der Waals surface area contributed by atoms with Crippen molar-refractivity contribution in [1.29, 1.82) is 0 Å². The summed E-state index contributed by atoms with van der Waals surface area (Å²) >= 11 is 7.47. The predicted octanol–water partition coefficient (Wildman–Crippen LogP) is 4.27. The molecule has 0 aliphatic carbocycles. The lowest BCUT2D eigenvalue weighted by atomic mass is 10.2. The van der Waals surface area contributed by atoms with E-state index in [2.05, 4.69) is 4.57 Å². The average molecular weight is 478 g/mol. The lowest BCUT2D eigenvalue weighted by Crippen LogP contribution is -2.27. The van der Waals surface area contributed by atoms with Crippen LogP contribution in [-0.2, 0) is 16.6 Å². The molecule has 0 radical (unpaired) electrons. The van der Waals surface area contributed by atoms with E-state index in [0.29, 0.717) is 36.0 Å². The van der Waals surface area contributed by atoms with Crippen LogP contribution in [0.4, 0.5) is 5.69 Å². The van der Waals surface area contributed by atoms with E-state index >= 15 is 0 Å². The molecule has 6 nitrogen and oxygen atoms in total. The van der Waals surface area contributed by atoms with Crippen LogP contribution in [0.25, 0.3) is 11.3 Å². The first-order valence-electron chi connectivity index (χ1n) is 10.2. The number of rotatable bonds is 7. The molecule has 0 unspecified atom stereocenters. The van der Waals surface area contributed by atoms with Crippen molar-refractivity contribution in [1.82, 2.24) is 8.87 Å². The molecule has 4 rings (SSSR count). The van der Waals surface area contributed by atoms with Crippen molar-refractivity contribution in [2.24, 2.45) is 4.99 Å². The third-order valence-corrected chi connectivity index (χ3v) is 8.27. The highest BCUT2D eigenvalue weighted by Gasteiger charge is 2.27. The number of nitrogens with zero attached hydrogens (tertiary/aromatic N) is 3. The number of sulfonamides is 1. The first-order valence-corrected chi connectivity index (χ1v) is 12.9. The quantitative estimate of drug-likeness (QED) is 0.552. The monoisotopic (exact) mass is 477 g/mol. The maximum atomic E-state index is 12.8. The Morgan fingerprint density at radius 2 is 1.71 bits per heavy atom. The molecule has 9 heteroatoms. The van der Waals surface area contributed by atoms with Crippen LogP contribution in [0.2, 0.25) is 5.02 Å². The maximum Gasteiger partial charge on any atom is 0.243 e. The Morgan fingerprint density at radius 3 is 2.35 bits per heavy atom. The zero-order chi connectivity index (χ0) is 21.8. The molecule has 0 spiro atoms. The van der Waals surface area contributed by atoms with Gasteiger partial charge in [0, 0.05) is 36.6 Å². The lowest BCUT2D eigenvalue weighted by Gasteiger charge is -2.16. The zero-order valence-electron chi connectivity index (χ0n) is 16.9. The minimum absolute atomic E-state index is 0.0791. The van der Waals surface area contributed by atoms with E-state index < -0.39 is 10.0 Å². The molecule has 0 amide bonds. The van der Waals surface area contributed by atoms with Crippen LogP contribution in [0.15, 0.2) is 63.8 Å². The van der Waals surface area contributed by atoms with Gasteiger partial charge in [-0.3, -0.25) is 0 Å². The number of benzene rings is 2. The minimum atomic E-state index is -3.43. The summed E-state index contributed by atoms with van der Waals surface area (Å²) in [6, 6.07) is 14.3. The number of hydrogen-bond donors (Lipinski definition) is 1. The Balaban J connectivity index is 1.69. The van der Waals surface area contributed by atoms with Gasteiger partial charge >= 0.3 is 0 Å². The van der Waals surface area contributed by atoms with Crippen LogP contribution in [0.1, 0.15) is 19.3 Å². The first kappa shape index (κ1) is 22.2. The Kier molecular flexibility index (Phi) is 6.93. The number of aliphatic hydroxyl groups is 1. The number of aromatic nitrogens is 1. The van der Waals surface area contributed by atoms with Gasteiger partial charge in [-0.2, -0.15) is 4.31 Å². The van der Waals surface area contributed by atoms with Gasteiger partial charge in [-0.25, -0.2) is 13.4 Å². The normalized spacial score (nSPS) is 15.6. The molecule has 1 N–H and O–H groups in total. The smallest absolute Gasteiger partial charge is 0.243 e. The SMILES string of the molecule is O=S(=O)(c1ccc(-c2csc(=Nc3ccc(Cl)cc3)n2CCCO)cc1)N1CCCC1. The number of hydrogen-bond acceptors (Lipinski definition) is 5. The molecule has 0 saturated carbocycles. The van der Waals surface area contributed by atoms with Crippen molar-refractivity contribution in [3.8, 4) is 11.3 Å². The second-order valence-electron chi connectivity index (χ2n) is 7.36. The third-order valence-electron chi connectivity index (χ3n) is 5.24. The van der Waals surface area contributed by atoms with Crippen LogP contribution >= 0.6 is 22.9 Å². The Hall–Kier alpha value is -1.97. The second kappa shape index (κ2) is 9.67. The van der Waals surface area contributed by atoms with Crippen LogP contribution in [-0.4, -0.2) is 42.1 Å². The third kappa shape index (κ3) is 4.94. The van der Waals surface area contributed by atoms with Gasteiger partial charge in [-0.1, -0.05) is 23.7 Å². The zero-order valence-corrected chi connectivity index (χ0v) is 19.3. The highest BCUT2D eigenvalue weighted by atomic mass is 35.5. The molecule has 31 heavy (non-hydrogen) atoms.